The minimum absolute atomic E-state index is 0.406. The van der Waals surface area contributed by atoms with Crippen molar-refractivity contribution in [2.75, 3.05) is 25.2 Å². The van der Waals surface area contributed by atoms with Crippen LogP contribution in [0.3, 0.4) is 0 Å². The average Bonchev–Trinajstić information content (AvgIpc) is 2.34. The summed E-state index contributed by atoms with van der Waals surface area (Å²) in [7, 11) is 1.69. The molecule has 3 heteroatoms. The van der Waals surface area contributed by atoms with Crippen molar-refractivity contribution >= 4 is 11.8 Å². The Morgan fingerprint density at radius 1 is 1.31 bits per heavy atom. The summed E-state index contributed by atoms with van der Waals surface area (Å²) in [4.78, 5) is 0. The van der Waals surface area contributed by atoms with Crippen molar-refractivity contribution in [2.24, 2.45) is 0 Å². The minimum Gasteiger partial charge on any atom is -0.497 e. The van der Waals surface area contributed by atoms with Crippen LogP contribution in [0.1, 0.15) is 25.5 Å². The molecule has 1 N–H and O–H groups in total. The van der Waals surface area contributed by atoms with E-state index < -0.39 is 0 Å². The molecule has 0 fully saturated rings. The number of hydrogen-bond acceptors (Lipinski definition) is 3. The van der Waals surface area contributed by atoms with E-state index in [1.54, 1.807) is 7.11 Å². The summed E-state index contributed by atoms with van der Waals surface area (Å²) in [6.07, 6.45) is 0. The fourth-order valence-electron chi connectivity index (χ4n) is 1.50. The van der Waals surface area contributed by atoms with Gasteiger partial charge < -0.3 is 10.1 Å². The van der Waals surface area contributed by atoms with Gasteiger partial charge in [-0.2, -0.15) is 11.8 Å². The topological polar surface area (TPSA) is 21.3 Å². The SMILES string of the molecule is CCSCCN[C@@H](C)c1ccc(OC)cc1. The first-order valence-corrected chi connectivity index (χ1v) is 6.88. The molecule has 0 aliphatic heterocycles. The smallest absolute Gasteiger partial charge is 0.118 e. The Morgan fingerprint density at radius 2 is 2.00 bits per heavy atom. The molecule has 1 atom stereocenters. The highest BCUT2D eigenvalue weighted by Crippen LogP contribution is 2.17. The van der Waals surface area contributed by atoms with Crippen LogP contribution in [-0.4, -0.2) is 25.2 Å². The molecule has 0 heterocycles. The molecule has 0 radical (unpaired) electrons. The number of nitrogens with one attached hydrogen (secondary N) is 1. The summed E-state index contributed by atoms with van der Waals surface area (Å²) >= 11 is 1.97. The van der Waals surface area contributed by atoms with Crippen LogP contribution < -0.4 is 10.1 Å². The van der Waals surface area contributed by atoms with E-state index in [9.17, 15) is 0 Å². The van der Waals surface area contributed by atoms with E-state index >= 15 is 0 Å². The minimum atomic E-state index is 0.406. The summed E-state index contributed by atoms with van der Waals surface area (Å²) in [5, 5.41) is 3.51. The third-order valence-electron chi connectivity index (χ3n) is 2.52. The van der Waals surface area contributed by atoms with E-state index in [1.165, 1.54) is 17.1 Å². The van der Waals surface area contributed by atoms with Crippen molar-refractivity contribution in [1.82, 2.24) is 5.32 Å². The van der Waals surface area contributed by atoms with Gasteiger partial charge in [0.25, 0.3) is 0 Å². The zero-order valence-corrected chi connectivity index (χ0v) is 11.1. The van der Waals surface area contributed by atoms with E-state index in [0.717, 1.165) is 12.3 Å². The lowest BCUT2D eigenvalue weighted by Crippen LogP contribution is -2.21. The molecule has 0 amide bonds. The van der Waals surface area contributed by atoms with Gasteiger partial charge in [0.05, 0.1) is 7.11 Å². The molecule has 0 spiro atoms. The maximum atomic E-state index is 5.14. The molecule has 1 aromatic rings. The van der Waals surface area contributed by atoms with Crippen LogP contribution in [0.2, 0.25) is 0 Å². The van der Waals surface area contributed by atoms with Gasteiger partial charge in [-0.25, -0.2) is 0 Å². The second kappa shape index (κ2) is 7.58. The molecule has 0 unspecified atom stereocenters. The van der Waals surface area contributed by atoms with Crippen molar-refractivity contribution in [1.29, 1.82) is 0 Å². The van der Waals surface area contributed by atoms with E-state index in [4.69, 9.17) is 4.74 Å². The lowest BCUT2D eigenvalue weighted by atomic mass is 10.1. The summed E-state index contributed by atoms with van der Waals surface area (Å²) in [5.74, 6) is 3.28. The van der Waals surface area contributed by atoms with E-state index in [-0.39, 0.29) is 0 Å². The second-order valence-electron chi connectivity index (χ2n) is 3.65. The number of ether oxygens (including phenoxy) is 1. The molecule has 0 aliphatic carbocycles. The number of thioether (sulfide) groups is 1. The van der Waals surface area contributed by atoms with Crippen molar-refractivity contribution in [3.8, 4) is 5.75 Å². The molecule has 0 aromatic heterocycles. The Balaban J connectivity index is 2.37. The van der Waals surface area contributed by atoms with Gasteiger partial charge in [0, 0.05) is 18.3 Å². The summed E-state index contributed by atoms with van der Waals surface area (Å²) < 4.78 is 5.14. The molecular weight excluding hydrogens is 218 g/mol. The first kappa shape index (κ1) is 13.4. The molecule has 2 nitrogen and oxygen atoms in total. The van der Waals surface area contributed by atoms with Crippen LogP contribution in [0.4, 0.5) is 0 Å². The fraction of sp³-hybridized carbons (Fsp3) is 0.538. The molecule has 1 rings (SSSR count). The summed E-state index contributed by atoms with van der Waals surface area (Å²) in [5.41, 5.74) is 1.31. The van der Waals surface area contributed by atoms with Gasteiger partial charge in [0.1, 0.15) is 5.75 Å². The largest absolute Gasteiger partial charge is 0.497 e. The molecular formula is C13H21NOS. The predicted molar refractivity (Wildman–Crippen MR) is 72.4 cm³/mol. The first-order chi connectivity index (χ1) is 7.77. The van der Waals surface area contributed by atoms with E-state index in [1.807, 2.05) is 23.9 Å². The number of methoxy groups -OCH3 is 1. The molecule has 1 aromatic carbocycles. The van der Waals surface area contributed by atoms with Crippen molar-refractivity contribution in [3.63, 3.8) is 0 Å². The maximum absolute atomic E-state index is 5.14. The lowest BCUT2D eigenvalue weighted by Gasteiger charge is -2.14. The van der Waals surface area contributed by atoms with E-state index in [0.29, 0.717) is 6.04 Å². The van der Waals surface area contributed by atoms with Gasteiger partial charge in [-0.15, -0.1) is 0 Å². The van der Waals surface area contributed by atoms with Gasteiger partial charge >= 0.3 is 0 Å². The summed E-state index contributed by atoms with van der Waals surface area (Å²) in [6, 6.07) is 8.65. The standard InChI is InChI=1S/C13H21NOS/c1-4-16-10-9-14-11(2)12-5-7-13(15-3)8-6-12/h5-8,11,14H,4,9-10H2,1-3H3/t11-/m0/s1. The van der Waals surface area contributed by atoms with Crippen LogP contribution in [0.15, 0.2) is 24.3 Å². The Labute approximate surface area is 103 Å². The quantitative estimate of drug-likeness (QED) is 0.739. The third-order valence-corrected chi connectivity index (χ3v) is 3.42. The molecule has 0 saturated heterocycles. The first-order valence-electron chi connectivity index (χ1n) is 5.73. The maximum Gasteiger partial charge on any atom is 0.118 e. The fourth-order valence-corrected chi connectivity index (χ4v) is 2.05. The molecule has 0 saturated carbocycles. The van der Waals surface area contributed by atoms with Gasteiger partial charge in [-0.3, -0.25) is 0 Å². The highest BCUT2D eigenvalue weighted by atomic mass is 32.2. The predicted octanol–water partition coefficient (Wildman–Crippen LogP) is 3.10. The van der Waals surface area contributed by atoms with Crippen LogP contribution >= 0.6 is 11.8 Å². The highest BCUT2D eigenvalue weighted by Gasteiger charge is 2.03. The molecule has 90 valence electrons. The zero-order valence-electron chi connectivity index (χ0n) is 10.3. The highest BCUT2D eigenvalue weighted by molar-refractivity contribution is 7.99. The molecule has 0 aliphatic rings. The number of benzene rings is 1. The average molecular weight is 239 g/mol. The zero-order chi connectivity index (χ0) is 11.8. The van der Waals surface area contributed by atoms with Crippen LogP contribution in [-0.2, 0) is 0 Å². The Bertz CT molecular complexity index is 286. The number of hydrogen-bond donors (Lipinski definition) is 1. The van der Waals surface area contributed by atoms with Crippen molar-refractivity contribution in [2.45, 2.75) is 19.9 Å². The van der Waals surface area contributed by atoms with Gasteiger partial charge in [-0.05, 0) is 30.4 Å². The Hall–Kier alpha value is -0.670. The summed E-state index contributed by atoms with van der Waals surface area (Å²) in [6.45, 7) is 5.45. The van der Waals surface area contributed by atoms with Gasteiger partial charge in [0.2, 0.25) is 0 Å². The van der Waals surface area contributed by atoms with E-state index in [2.05, 4.69) is 31.3 Å². The Kier molecular flexibility index (Phi) is 6.34. The van der Waals surface area contributed by atoms with Gasteiger partial charge in [-0.1, -0.05) is 19.1 Å². The normalized spacial score (nSPS) is 12.4. The second-order valence-corrected chi connectivity index (χ2v) is 5.04. The monoisotopic (exact) mass is 239 g/mol. The van der Waals surface area contributed by atoms with Crippen LogP contribution in [0, 0.1) is 0 Å². The lowest BCUT2D eigenvalue weighted by molar-refractivity contribution is 0.414. The Morgan fingerprint density at radius 3 is 2.56 bits per heavy atom. The van der Waals surface area contributed by atoms with Crippen LogP contribution in [0.25, 0.3) is 0 Å². The third kappa shape index (κ3) is 4.45. The number of rotatable bonds is 7. The van der Waals surface area contributed by atoms with Crippen molar-refractivity contribution in [3.05, 3.63) is 29.8 Å². The van der Waals surface area contributed by atoms with Crippen molar-refractivity contribution < 1.29 is 4.74 Å². The molecule has 0 bridgehead atoms. The molecule has 16 heavy (non-hydrogen) atoms. The van der Waals surface area contributed by atoms with Crippen LogP contribution in [0.5, 0.6) is 5.75 Å². The van der Waals surface area contributed by atoms with Gasteiger partial charge in [0.15, 0.2) is 0 Å².